The number of hydrogen-bond acceptors (Lipinski definition) is 4. The number of methoxy groups -OCH3 is 1. The van der Waals surface area contributed by atoms with E-state index in [1.54, 1.807) is 0 Å². The lowest BCUT2D eigenvalue weighted by molar-refractivity contribution is 0.0606. The van der Waals surface area contributed by atoms with Gasteiger partial charge in [0.2, 0.25) is 0 Å². The van der Waals surface area contributed by atoms with Gasteiger partial charge in [-0.15, -0.1) is 11.3 Å². The summed E-state index contributed by atoms with van der Waals surface area (Å²) < 4.78 is 5.77. The van der Waals surface area contributed by atoms with Crippen molar-refractivity contribution in [3.63, 3.8) is 0 Å². The number of esters is 1. The van der Waals surface area contributed by atoms with Gasteiger partial charge in [0.05, 0.1) is 7.11 Å². The minimum absolute atomic E-state index is 0.305. The Kier molecular flexibility index (Phi) is 4.92. The van der Waals surface area contributed by atoms with Crippen LogP contribution in [0.4, 0.5) is 5.69 Å². The third-order valence-electron chi connectivity index (χ3n) is 2.70. The van der Waals surface area contributed by atoms with E-state index in [4.69, 9.17) is 17.0 Å². The van der Waals surface area contributed by atoms with E-state index in [-0.39, 0.29) is 5.97 Å². The molecule has 2 aromatic rings. The summed E-state index contributed by atoms with van der Waals surface area (Å²) in [4.78, 5) is 12.1. The van der Waals surface area contributed by atoms with Gasteiger partial charge in [0.15, 0.2) is 5.11 Å². The Labute approximate surface area is 127 Å². The predicted octanol–water partition coefficient (Wildman–Crippen LogP) is 3.38. The van der Waals surface area contributed by atoms with E-state index in [0.717, 1.165) is 28.7 Å². The maximum absolute atomic E-state index is 11.5. The van der Waals surface area contributed by atoms with E-state index >= 15 is 0 Å². The van der Waals surface area contributed by atoms with Crippen LogP contribution in [0.1, 0.15) is 23.0 Å². The fraction of sp³-hybridized carbons (Fsp3) is 0.286. The first-order valence-corrected chi connectivity index (χ1v) is 7.53. The highest BCUT2D eigenvalue weighted by atomic mass is 32.1. The van der Waals surface area contributed by atoms with Crippen molar-refractivity contribution in [3.8, 4) is 0 Å². The normalized spacial score (nSPS) is 10.3. The number of nitrogens with one attached hydrogen (secondary N) is 2. The minimum Gasteiger partial charge on any atom is -0.465 e. The molecule has 1 aromatic heterocycles. The van der Waals surface area contributed by atoms with Gasteiger partial charge < -0.3 is 15.4 Å². The van der Waals surface area contributed by atoms with Crippen molar-refractivity contribution in [1.82, 2.24) is 5.32 Å². The molecular weight excluding hydrogens is 292 g/mol. The first-order chi connectivity index (χ1) is 9.63. The number of carbonyl (C=O) groups excluding carboxylic acids is 1. The molecule has 0 fully saturated rings. The van der Waals surface area contributed by atoms with Gasteiger partial charge in [-0.3, -0.25) is 0 Å². The third-order valence-corrected chi connectivity index (χ3v) is 4.04. The summed E-state index contributed by atoms with van der Waals surface area (Å²) in [6, 6.07) is 7.72. The summed E-state index contributed by atoms with van der Waals surface area (Å²) >= 11 is 6.62. The smallest absolute Gasteiger partial charge is 0.348 e. The summed E-state index contributed by atoms with van der Waals surface area (Å²) in [6.45, 7) is 2.93. The topological polar surface area (TPSA) is 50.4 Å². The van der Waals surface area contributed by atoms with Gasteiger partial charge in [-0.2, -0.15) is 0 Å². The summed E-state index contributed by atoms with van der Waals surface area (Å²) in [5.74, 6) is -0.305. The highest BCUT2D eigenvalue weighted by molar-refractivity contribution is 7.80. The second-order valence-corrected chi connectivity index (χ2v) is 5.73. The molecule has 4 nitrogen and oxygen atoms in total. The lowest BCUT2D eigenvalue weighted by Gasteiger charge is -2.09. The largest absolute Gasteiger partial charge is 0.465 e. The molecule has 2 rings (SSSR count). The Morgan fingerprint density at radius 2 is 2.20 bits per heavy atom. The average Bonchev–Trinajstić information content (AvgIpc) is 2.87. The molecule has 106 valence electrons. The summed E-state index contributed by atoms with van der Waals surface area (Å²) in [7, 11) is 1.39. The quantitative estimate of drug-likeness (QED) is 0.670. The van der Waals surface area contributed by atoms with E-state index in [2.05, 4.69) is 17.6 Å². The number of benzene rings is 1. The molecule has 2 N–H and O–H groups in total. The van der Waals surface area contributed by atoms with E-state index < -0.39 is 0 Å². The maximum Gasteiger partial charge on any atom is 0.348 e. The molecular formula is C14H16N2O2S2. The van der Waals surface area contributed by atoms with Crippen LogP contribution in [0.15, 0.2) is 24.3 Å². The molecule has 1 heterocycles. The van der Waals surface area contributed by atoms with Crippen LogP contribution in [0, 0.1) is 0 Å². The second-order valence-electron chi connectivity index (χ2n) is 4.24. The van der Waals surface area contributed by atoms with Crippen molar-refractivity contribution in [2.24, 2.45) is 0 Å². The van der Waals surface area contributed by atoms with Crippen molar-refractivity contribution in [2.75, 3.05) is 19.0 Å². The highest BCUT2D eigenvalue weighted by Crippen LogP contribution is 2.28. The molecule has 0 radical (unpaired) electrons. The van der Waals surface area contributed by atoms with Crippen LogP contribution < -0.4 is 10.6 Å². The molecule has 1 aromatic carbocycles. The predicted molar refractivity (Wildman–Crippen MR) is 87.7 cm³/mol. The lowest BCUT2D eigenvalue weighted by Crippen LogP contribution is -2.28. The van der Waals surface area contributed by atoms with E-state index in [0.29, 0.717) is 9.99 Å². The number of hydrogen-bond donors (Lipinski definition) is 2. The van der Waals surface area contributed by atoms with Crippen LogP contribution in [0.2, 0.25) is 0 Å². The van der Waals surface area contributed by atoms with E-state index in [1.807, 2.05) is 24.3 Å². The molecule has 0 atom stereocenters. The third kappa shape index (κ3) is 3.46. The number of rotatable bonds is 4. The molecule has 0 aliphatic carbocycles. The molecule has 0 aliphatic heterocycles. The number of anilines is 1. The number of thiocarbonyl (C=S) groups is 1. The number of carbonyl (C=O) groups is 1. The van der Waals surface area contributed by atoms with Gasteiger partial charge in [-0.25, -0.2) is 4.79 Å². The summed E-state index contributed by atoms with van der Waals surface area (Å²) in [5.41, 5.74) is 0.903. The Balaban J connectivity index is 2.16. The molecule has 0 spiro atoms. The average molecular weight is 308 g/mol. The van der Waals surface area contributed by atoms with Crippen LogP contribution in [0.5, 0.6) is 0 Å². The zero-order chi connectivity index (χ0) is 14.5. The Morgan fingerprint density at radius 1 is 1.40 bits per heavy atom. The van der Waals surface area contributed by atoms with Crippen molar-refractivity contribution >= 4 is 50.4 Å². The number of ether oxygens (including phenoxy) is 1. The fourth-order valence-corrected chi connectivity index (χ4v) is 2.92. The standard InChI is InChI=1S/C14H16N2O2S2/c1-3-6-15-14(19)16-10-4-5-11-9(7-10)8-12(20-11)13(17)18-2/h4-5,7-8H,3,6H2,1-2H3,(H2,15,16,19). The molecule has 0 unspecified atom stereocenters. The molecule has 0 bridgehead atoms. The van der Waals surface area contributed by atoms with Crippen LogP contribution in [0.25, 0.3) is 10.1 Å². The van der Waals surface area contributed by atoms with E-state index in [9.17, 15) is 4.79 Å². The van der Waals surface area contributed by atoms with Crippen LogP contribution in [-0.4, -0.2) is 24.7 Å². The van der Waals surface area contributed by atoms with Crippen LogP contribution in [0.3, 0.4) is 0 Å². The highest BCUT2D eigenvalue weighted by Gasteiger charge is 2.10. The molecule has 6 heteroatoms. The number of thiophene rings is 1. The number of fused-ring (bicyclic) bond motifs is 1. The SMILES string of the molecule is CCCNC(=S)Nc1ccc2sc(C(=O)OC)cc2c1. The molecule has 0 saturated heterocycles. The van der Waals surface area contributed by atoms with Crippen molar-refractivity contribution in [3.05, 3.63) is 29.1 Å². The molecule has 0 saturated carbocycles. The fourth-order valence-electron chi connectivity index (χ4n) is 1.74. The van der Waals surface area contributed by atoms with E-state index in [1.165, 1.54) is 18.4 Å². The van der Waals surface area contributed by atoms with Gasteiger partial charge in [0, 0.05) is 16.9 Å². The van der Waals surface area contributed by atoms with Gasteiger partial charge in [-0.1, -0.05) is 6.92 Å². The van der Waals surface area contributed by atoms with Crippen molar-refractivity contribution < 1.29 is 9.53 Å². The maximum atomic E-state index is 11.5. The zero-order valence-electron chi connectivity index (χ0n) is 11.4. The van der Waals surface area contributed by atoms with Gasteiger partial charge in [-0.05, 0) is 48.3 Å². The van der Waals surface area contributed by atoms with Crippen LogP contribution >= 0.6 is 23.6 Å². The Morgan fingerprint density at radius 3 is 2.90 bits per heavy atom. The monoisotopic (exact) mass is 308 g/mol. The second kappa shape index (κ2) is 6.67. The minimum atomic E-state index is -0.305. The van der Waals surface area contributed by atoms with Gasteiger partial charge >= 0.3 is 5.97 Å². The van der Waals surface area contributed by atoms with Gasteiger partial charge in [0.1, 0.15) is 4.88 Å². The lowest BCUT2D eigenvalue weighted by atomic mass is 10.2. The molecule has 0 aliphatic rings. The van der Waals surface area contributed by atoms with Gasteiger partial charge in [0.25, 0.3) is 0 Å². The summed E-state index contributed by atoms with van der Waals surface area (Å²) in [6.07, 6.45) is 1.02. The summed E-state index contributed by atoms with van der Waals surface area (Å²) in [5, 5.41) is 7.85. The Hall–Kier alpha value is -1.66. The molecule has 20 heavy (non-hydrogen) atoms. The Bertz CT molecular complexity index is 637. The zero-order valence-corrected chi connectivity index (χ0v) is 13.0. The van der Waals surface area contributed by atoms with Crippen molar-refractivity contribution in [1.29, 1.82) is 0 Å². The van der Waals surface area contributed by atoms with Crippen molar-refractivity contribution in [2.45, 2.75) is 13.3 Å². The molecule has 0 amide bonds. The first kappa shape index (κ1) is 14.7. The first-order valence-electron chi connectivity index (χ1n) is 6.30. The van der Waals surface area contributed by atoms with Crippen LogP contribution in [-0.2, 0) is 4.74 Å².